The molecule has 1 fully saturated rings. The second-order valence-corrected chi connectivity index (χ2v) is 3.59. The summed E-state index contributed by atoms with van der Waals surface area (Å²) < 4.78 is 0. The largest absolute Gasteiger partial charge is 0.309 e. The Morgan fingerprint density at radius 2 is 1.64 bits per heavy atom. The average Bonchev–Trinajstić information content (AvgIpc) is 2.73. The molecule has 1 nitrogen and oxygen atoms in total. The molecule has 0 heterocycles. The van der Waals surface area contributed by atoms with Crippen LogP contribution >= 0.6 is 0 Å². The number of hydrogen-bond donors (Lipinski definition) is 0. The van der Waals surface area contributed by atoms with Crippen LogP contribution in [0.4, 0.5) is 0 Å². The highest BCUT2D eigenvalue weighted by molar-refractivity contribution is 4.93. The third-order valence-electron chi connectivity index (χ3n) is 2.36. The van der Waals surface area contributed by atoms with E-state index in [1.54, 1.807) is 0 Å². The van der Waals surface area contributed by atoms with Gasteiger partial charge in [0.2, 0.25) is 0 Å². The molecule has 11 heavy (non-hydrogen) atoms. The second-order valence-electron chi connectivity index (χ2n) is 3.59. The normalized spacial score (nSPS) is 19.1. The van der Waals surface area contributed by atoms with E-state index in [4.69, 9.17) is 0 Å². The van der Waals surface area contributed by atoms with Gasteiger partial charge in [0.25, 0.3) is 0 Å². The van der Waals surface area contributed by atoms with Crippen molar-refractivity contribution in [1.82, 2.24) is 4.90 Å². The van der Waals surface area contributed by atoms with E-state index in [0.29, 0.717) is 0 Å². The summed E-state index contributed by atoms with van der Waals surface area (Å²) in [5, 5.41) is 0. The van der Waals surface area contributed by atoms with Crippen molar-refractivity contribution in [1.29, 1.82) is 0 Å². The first-order valence-electron chi connectivity index (χ1n) is 4.83. The molecule has 1 saturated carbocycles. The van der Waals surface area contributed by atoms with E-state index in [9.17, 15) is 0 Å². The molecule has 0 bridgehead atoms. The minimum absolute atomic E-state index is 0.740. The van der Waals surface area contributed by atoms with E-state index >= 15 is 0 Å². The van der Waals surface area contributed by atoms with Gasteiger partial charge in [-0.05, 0) is 38.8 Å². The highest BCUT2D eigenvalue weighted by Crippen LogP contribution is 2.48. The highest BCUT2D eigenvalue weighted by Gasteiger charge is 2.40. The Hall–Kier alpha value is -0.0400. The summed E-state index contributed by atoms with van der Waals surface area (Å²) in [5.74, 6) is 0. The van der Waals surface area contributed by atoms with Gasteiger partial charge >= 0.3 is 0 Å². The van der Waals surface area contributed by atoms with E-state index in [0.717, 1.165) is 5.41 Å². The van der Waals surface area contributed by atoms with Gasteiger partial charge in [-0.15, -0.1) is 0 Å². The lowest BCUT2D eigenvalue weighted by Gasteiger charge is -2.17. The van der Waals surface area contributed by atoms with Crippen LogP contribution in [0.15, 0.2) is 0 Å². The zero-order valence-corrected chi connectivity index (χ0v) is 8.78. The van der Waals surface area contributed by atoms with E-state index in [1.165, 1.54) is 25.8 Å². The molecule has 0 spiro atoms. The maximum Gasteiger partial charge on any atom is 0.00318 e. The predicted octanol–water partition coefficient (Wildman–Crippen LogP) is 2.76. The van der Waals surface area contributed by atoms with Gasteiger partial charge in [-0.3, -0.25) is 0 Å². The lowest BCUT2D eigenvalue weighted by Crippen LogP contribution is -2.21. The molecule has 1 aliphatic carbocycles. The predicted molar refractivity (Wildman–Crippen MR) is 51.9 cm³/mol. The number of hydrogen-bond acceptors (Lipinski definition) is 1. The lowest BCUT2D eigenvalue weighted by molar-refractivity contribution is 0.302. The highest BCUT2D eigenvalue weighted by atomic mass is 15.1. The first-order chi connectivity index (χ1) is 5.18. The molecule has 68 valence electrons. The van der Waals surface area contributed by atoms with Gasteiger partial charge < -0.3 is 4.90 Å². The van der Waals surface area contributed by atoms with Gasteiger partial charge in [0.1, 0.15) is 0 Å². The van der Waals surface area contributed by atoms with Crippen LogP contribution in [0.3, 0.4) is 0 Å². The van der Waals surface area contributed by atoms with Crippen LogP contribution in [0.1, 0.15) is 40.0 Å². The van der Waals surface area contributed by atoms with Crippen LogP contribution in [-0.2, 0) is 0 Å². The SMILES string of the molecule is CC.CCC1(CN(C)C)CC1. The van der Waals surface area contributed by atoms with Gasteiger partial charge in [0.05, 0.1) is 0 Å². The first kappa shape index (κ1) is 11.0. The molecule has 0 amide bonds. The second kappa shape index (κ2) is 4.76. The van der Waals surface area contributed by atoms with Crippen LogP contribution < -0.4 is 0 Å². The lowest BCUT2D eigenvalue weighted by atomic mass is 10.0. The Labute approximate surface area is 71.8 Å². The molecule has 0 unspecified atom stereocenters. The minimum atomic E-state index is 0.740. The van der Waals surface area contributed by atoms with Crippen LogP contribution in [0.2, 0.25) is 0 Å². The van der Waals surface area contributed by atoms with Crippen molar-refractivity contribution in [2.24, 2.45) is 5.41 Å². The summed E-state index contributed by atoms with van der Waals surface area (Å²) in [6, 6.07) is 0. The maximum absolute atomic E-state index is 2.30. The Morgan fingerprint density at radius 3 is 1.73 bits per heavy atom. The summed E-state index contributed by atoms with van der Waals surface area (Å²) in [6.07, 6.45) is 4.29. The maximum atomic E-state index is 2.30. The molecule has 0 atom stereocenters. The molecule has 0 aromatic carbocycles. The van der Waals surface area contributed by atoms with E-state index in [1.807, 2.05) is 13.8 Å². The molecule has 1 heteroatoms. The van der Waals surface area contributed by atoms with Crippen LogP contribution in [0.25, 0.3) is 0 Å². The fourth-order valence-corrected chi connectivity index (χ4v) is 1.47. The summed E-state index contributed by atoms with van der Waals surface area (Å²) in [7, 11) is 4.32. The molecule has 0 aromatic heterocycles. The fourth-order valence-electron chi connectivity index (χ4n) is 1.47. The molecule has 0 radical (unpaired) electrons. The third-order valence-corrected chi connectivity index (χ3v) is 2.36. The number of rotatable bonds is 3. The van der Waals surface area contributed by atoms with Crippen molar-refractivity contribution in [3.63, 3.8) is 0 Å². The van der Waals surface area contributed by atoms with E-state index in [2.05, 4.69) is 25.9 Å². The van der Waals surface area contributed by atoms with Crippen LogP contribution in [0, 0.1) is 5.41 Å². The summed E-state index contributed by atoms with van der Waals surface area (Å²) in [5.41, 5.74) is 0.740. The molecular weight excluding hydrogens is 134 g/mol. The van der Waals surface area contributed by atoms with Crippen molar-refractivity contribution < 1.29 is 0 Å². The summed E-state index contributed by atoms with van der Waals surface area (Å²) in [4.78, 5) is 2.30. The Balaban J connectivity index is 0.000000461. The number of nitrogens with zero attached hydrogens (tertiary/aromatic N) is 1. The zero-order valence-electron chi connectivity index (χ0n) is 8.78. The average molecular weight is 157 g/mol. The standard InChI is InChI=1S/C8H17N.C2H6/c1-4-8(5-6-8)7-9(2)3;1-2/h4-7H2,1-3H3;1-2H3. The summed E-state index contributed by atoms with van der Waals surface area (Å²) in [6.45, 7) is 7.60. The fraction of sp³-hybridized carbons (Fsp3) is 1.00. The van der Waals surface area contributed by atoms with Crippen molar-refractivity contribution in [3.8, 4) is 0 Å². The van der Waals surface area contributed by atoms with Gasteiger partial charge in [-0.25, -0.2) is 0 Å². The molecule has 1 rings (SSSR count). The Kier molecular flexibility index (Phi) is 4.74. The van der Waals surface area contributed by atoms with Gasteiger partial charge in [-0.1, -0.05) is 20.8 Å². The third kappa shape index (κ3) is 3.76. The van der Waals surface area contributed by atoms with Crippen molar-refractivity contribution in [3.05, 3.63) is 0 Å². The summed E-state index contributed by atoms with van der Waals surface area (Å²) >= 11 is 0. The van der Waals surface area contributed by atoms with Gasteiger partial charge in [-0.2, -0.15) is 0 Å². The van der Waals surface area contributed by atoms with Crippen LogP contribution in [-0.4, -0.2) is 25.5 Å². The van der Waals surface area contributed by atoms with Crippen LogP contribution in [0.5, 0.6) is 0 Å². The quantitative estimate of drug-likeness (QED) is 0.609. The molecule has 0 aromatic rings. The van der Waals surface area contributed by atoms with Crippen molar-refractivity contribution in [2.75, 3.05) is 20.6 Å². The topological polar surface area (TPSA) is 3.24 Å². The molecule has 0 N–H and O–H groups in total. The Morgan fingerprint density at radius 1 is 1.18 bits per heavy atom. The minimum Gasteiger partial charge on any atom is -0.309 e. The molecule has 0 saturated heterocycles. The molecule has 0 aliphatic heterocycles. The van der Waals surface area contributed by atoms with E-state index in [-0.39, 0.29) is 0 Å². The first-order valence-corrected chi connectivity index (χ1v) is 4.83. The smallest absolute Gasteiger partial charge is 0.00318 e. The van der Waals surface area contributed by atoms with Crippen molar-refractivity contribution in [2.45, 2.75) is 40.0 Å². The molecule has 1 aliphatic rings. The Bertz CT molecular complexity index is 93.0. The monoisotopic (exact) mass is 157 g/mol. The van der Waals surface area contributed by atoms with Gasteiger partial charge in [0.15, 0.2) is 0 Å². The van der Waals surface area contributed by atoms with E-state index < -0.39 is 0 Å². The van der Waals surface area contributed by atoms with Gasteiger partial charge in [0, 0.05) is 6.54 Å². The molecular formula is C10H23N. The zero-order chi connectivity index (χ0) is 8.91. The van der Waals surface area contributed by atoms with Crippen molar-refractivity contribution >= 4 is 0 Å².